The number of amides is 2. The molecular weight excluding hydrogens is 322 g/mol. The molecule has 2 aliphatic rings. The van der Waals surface area contributed by atoms with Gasteiger partial charge in [-0.1, -0.05) is 18.2 Å². The maximum Gasteiger partial charge on any atom is 0.241 e. The Labute approximate surface area is 147 Å². The number of carbonyl (C=O) groups is 2. The third-order valence-corrected chi connectivity index (χ3v) is 4.71. The van der Waals surface area contributed by atoms with Crippen molar-refractivity contribution in [1.82, 2.24) is 4.90 Å². The van der Waals surface area contributed by atoms with Gasteiger partial charge >= 0.3 is 0 Å². The molecule has 7 nitrogen and oxygen atoms in total. The highest BCUT2D eigenvalue weighted by Gasteiger charge is 2.35. The fraction of sp³-hybridized carbons (Fsp3) is 0.556. The Balaban J connectivity index is 1.69. The monoisotopic (exact) mass is 347 g/mol. The fourth-order valence-electron chi connectivity index (χ4n) is 3.63. The molecule has 0 saturated carbocycles. The number of aryl methyl sites for hydroxylation is 1. The van der Waals surface area contributed by atoms with Crippen molar-refractivity contribution in [3.8, 4) is 0 Å². The van der Waals surface area contributed by atoms with E-state index in [1.54, 1.807) is 0 Å². The van der Waals surface area contributed by atoms with E-state index >= 15 is 0 Å². The van der Waals surface area contributed by atoms with Crippen LogP contribution in [0.5, 0.6) is 0 Å². The van der Waals surface area contributed by atoms with Crippen LogP contribution in [-0.2, 0) is 20.7 Å². The highest BCUT2D eigenvalue weighted by atomic mass is 16.5. The summed E-state index contributed by atoms with van der Waals surface area (Å²) in [5.41, 5.74) is 6.04. The number of β-amino-alcohol motifs (C(OH)–C–C–N with tert-alkyl or cyclic N) is 1. The first-order valence-electron chi connectivity index (χ1n) is 8.66. The van der Waals surface area contributed by atoms with Crippen molar-refractivity contribution in [3.63, 3.8) is 0 Å². The van der Waals surface area contributed by atoms with Gasteiger partial charge in [-0.05, 0) is 24.5 Å². The van der Waals surface area contributed by atoms with Crippen LogP contribution in [0.1, 0.15) is 18.4 Å². The van der Waals surface area contributed by atoms with Gasteiger partial charge in [-0.3, -0.25) is 14.5 Å². The molecule has 2 amide bonds. The van der Waals surface area contributed by atoms with Crippen LogP contribution >= 0.6 is 0 Å². The Morgan fingerprint density at radius 3 is 2.88 bits per heavy atom. The molecule has 1 atom stereocenters. The van der Waals surface area contributed by atoms with Crippen molar-refractivity contribution in [2.45, 2.75) is 24.9 Å². The summed E-state index contributed by atoms with van der Waals surface area (Å²) in [4.78, 5) is 27.7. The number of para-hydroxylation sites is 1. The average Bonchev–Trinajstić information content (AvgIpc) is 2.74. The maximum atomic E-state index is 12.8. The van der Waals surface area contributed by atoms with Gasteiger partial charge in [0, 0.05) is 25.3 Å². The first kappa shape index (κ1) is 17.8. The van der Waals surface area contributed by atoms with E-state index in [1.165, 1.54) is 5.56 Å². The minimum atomic E-state index is -1.34. The molecule has 0 spiro atoms. The molecule has 3 N–H and O–H groups in total. The molecule has 7 heteroatoms. The van der Waals surface area contributed by atoms with Crippen molar-refractivity contribution in [3.05, 3.63) is 29.8 Å². The quantitative estimate of drug-likeness (QED) is 0.793. The van der Waals surface area contributed by atoms with Crippen LogP contribution in [0.25, 0.3) is 0 Å². The molecule has 1 aromatic rings. The highest BCUT2D eigenvalue weighted by molar-refractivity contribution is 5.96. The lowest BCUT2D eigenvalue weighted by atomic mass is 9.99. The van der Waals surface area contributed by atoms with Gasteiger partial charge in [0.05, 0.1) is 26.2 Å². The molecule has 0 aliphatic carbocycles. The van der Waals surface area contributed by atoms with Crippen LogP contribution in [0.2, 0.25) is 0 Å². The summed E-state index contributed by atoms with van der Waals surface area (Å²) in [6.07, 6.45) is 1.75. The molecule has 2 aliphatic heterocycles. The van der Waals surface area contributed by atoms with E-state index in [0.29, 0.717) is 19.7 Å². The number of nitrogens with zero attached hydrogens (tertiary/aromatic N) is 2. The lowest BCUT2D eigenvalue weighted by molar-refractivity contribution is -0.126. The second kappa shape index (κ2) is 7.51. The molecule has 1 saturated heterocycles. The van der Waals surface area contributed by atoms with Crippen molar-refractivity contribution >= 4 is 17.5 Å². The Morgan fingerprint density at radius 1 is 1.28 bits per heavy atom. The molecule has 2 heterocycles. The minimum Gasteiger partial charge on any atom is -0.386 e. The summed E-state index contributed by atoms with van der Waals surface area (Å²) < 4.78 is 5.40. The molecule has 25 heavy (non-hydrogen) atoms. The number of carbonyl (C=O) groups excluding carboxylic acids is 2. The number of primary amides is 1. The zero-order valence-electron chi connectivity index (χ0n) is 14.3. The van der Waals surface area contributed by atoms with Gasteiger partial charge in [-0.2, -0.15) is 0 Å². The zero-order valence-corrected chi connectivity index (χ0v) is 14.3. The average molecular weight is 347 g/mol. The minimum absolute atomic E-state index is 0.00419. The Morgan fingerprint density at radius 2 is 2.08 bits per heavy atom. The lowest BCUT2D eigenvalue weighted by Gasteiger charge is -2.33. The number of ether oxygens (including phenoxy) is 1. The van der Waals surface area contributed by atoms with Crippen LogP contribution in [0.4, 0.5) is 5.69 Å². The summed E-state index contributed by atoms with van der Waals surface area (Å²) in [6, 6.07) is 7.96. The molecule has 1 aromatic carbocycles. The molecular formula is C18H25N3O4. The summed E-state index contributed by atoms with van der Waals surface area (Å²) in [5.74, 6) is -0.584. The molecule has 0 aromatic heterocycles. The smallest absolute Gasteiger partial charge is 0.241 e. The van der Waals surface area contributed by atoms with E-state index in [9.17, 15) is 14.7 Å². The van der Waals surface area contributed by atoms with E-state index < -0.39 is 11.5 Å². The number of fused-ring (bicyclic) bond motifs is 1. The molecule has 1 fully saturated rings. The van der Waals surface area contributed by atoms with Gasteiger partial charge in [-0.15, -0.1) is 0 Å². The van der Waals surface area contributed by atoms with E-state index in [-0.39, 0.29) is 32.0 Å². The number of hydrogen-bond acceptors (Lipinski definition) is 5. The first-order valence-corrected chi connectivity index (χ1v) is 8.66. The van der Waals surface area contributed by atoms with E-state index in [1.807, 2.05) is 28.0 Å². The van der Waals surface area contributed by atoms with Crippen LogP contribution in [0.15, 0.2) is 24.3 Å². The van der Waals surface area contributed by atoms with Gasteiger partial charge in [0.15, 0.2) is 0 Å². The summed E-state index contributed by atoms with van der Waals surface area (Å²) in [5, 5.41) is 10.6. The Kier molecular flexibility index (Phi) is 5.36. The zero-order chi connectivity index (χ0) is 17.9. The van der Waals surface area contributed by atoms with Crippen molar-refractivity contribution in [2.75, 3.05) is 44.3 Å². The van der Waals surface area contributed by atoms with Gasteiger partial charge in [0.1, 0.15) is 5.60 Å². The number of rotatable bonds is 4. The summed E-state index contributed by atoms with van der Waals surface area (Å²) in [6.45, 7) is 2.06. The predicted octanol–water partition coefficient (Wildman–Crippen LogP) is -0.0955. The van der Waals surface area contributed by atoms with E-state index in [2.05, 4.69) is 6.07 Å². The fourth-order valence-corrected chi connectivity index (χ4v) is 3.63. The molecule has 3 rings (SSSR count). The first-order chi connectivity index (χ1) is 12.0. The van der Waals surface area contributed by atoms with Gasteiger partial charge in [0.2, 0.25) is 11.8 Å². The maximum absolute atomic E-state index is 12.8. The standard InChI is InChI=1S/C18H25N3O4/c19-16(22)10-18(24)12-20(8-9-25-13-18)11-17(23)21-7-3-5-14-4-1-2-6-15(14)21/h1-2,4,6,24H,3,5,7-13H2,(H2,19,22). The third-order valence-electron chi connectivity index (χ3n) is 4.71. The number of benzene rings is 1. The largest absolute Gasteiger partial charge is 0.386 e. The number of hydrogen-bond donors (Lipinski definition) is 2. The SMILES string of the molecule is NC(=O)CC1(O)COCCN(CC(=O)N2CCCc3ccccc32)C1. The Hall–Kier alpha value is -1.96. The molecule has 1 unspecified atom stereocenters. The number of anilines is 1. The van der Waals surface area contributed by atoms with Crippen molar-refractivity contribution < 1.29 is 19.4 Å². The van der Waals surface area contributed by atoms with Crippen LogP contribution in [0, 0.1) is 0 Å². The van der Waals surface area contributed by atoms with Crippen molar-refractivity contribution in [2.24, 2.45) is 5.73 Å². The van der Waals surface area contributed by atoms with E-state index in [0.717, 1.165) is 18.5 Å². The van der Waals surface area contributed by atoms with Crippen molar-refractivity contribution in [1.29, 1.82) is 0 Å². The predicted molar refractivity (Wildman–Crippen MR) is 93.1 cm³/mol. The topological polar surface area (TPSA) is 96.1 Å². The van der Waals surface area contributed by atoms with Gasteiger partial charge < -0.3 is 20.5 Å². The second-order valence-corrected chi connectivity index (χ2v) is 6.91. The Bertz CT molecular complexity index is 651. The highest BCUT2D eigenvalue weighted by Crippen LogP contribution is 2.27. The van der Waals surface area contributed by atoms with E-state index in [4.69, 9.17) is 10.5 Å². The molecule has 0 bridgehead atoms. The van der Waals surface area contributed by atoms with Gasteiger partial charge in [0.25, 0.3) is 0 Å². The normalized spacial score (nSPS) is 24.4. The number of nitrogens with two attached hydrogens (primary N) is 1. The van der Waals surface area contributed by atoms with Crippen LogP contribution in [-0.4, -0.2) is 66.8 Å². The second-order valence-electron chi connectivity index (χ2n) is 6.91. The van der Waals surface area contributed by atoms with Crippen LogP contribution < -0.4 is 10.6 Å². The number of aliphatic hydroxyl groups is 1. The summed E-state index contributed by atoms with van der Waals surface area (Å²) in [7, 11) is 0. The molecule has 0 radical (unpaired) electrons. The van der Waals surface area contributed by atoms with Crippen LogP contribution in [0.3, 0.4) is 0 Å². The lowest BCUT2D eigenvalue weighted by Crippen LogP contribution is -2.50. The van der Waals surface area contributed by atoms with Gasteiger partial charge in [-0.25, -0.2) is 0 Å². The third kappa shape index (κ3) is 4.36. The molecule has 136 valence electrons. The summed E-state index contributed by atoms with van der Waals surface area (Å²) >= 11 is 0.